The van der Waals surface area contributed by atoms with Crippen LogP contribution in [0.15, 0.2) is 48.5 Å². The molecule has 0 aliphatic heterocycles. The minimum Gasteiger partial charge on any atom is -0.478 e. The van der Waals surface area contributed by atoms with E-state index < -0.39 is 18.5 Å². The number of H-pyrrole nitrogens is 1. The van der Waals surface area contributed by atoms with Gasteiger partial charge in [0.2, 0.25) is 0 Å². The Balaban J connectivity index is 1.64. The fourth-order valence-corrected chi connectivity index (χ4v) is 3.39. The van der Waals surface area contributed by atoms with E-state index in [2.05, 4.69) is 15.0 Å². The van der Waals surface area contributed by atoms with E-state index in [-0.39, 0.29) is 27.9 Å². The van der Waals surface area contributed by atoms with Gasteiger partial charge in [0.1, 0.15) is 17.4 Å². The number of aliphatic hydroxyl groups excluding tert-OH is 1. The lowest BCUT2D eigenvalue weighted by Crippen LogP contribution is -2.07. The number of pyridine rings is 1. The number of rotatable bonds is 6. The molecule has 32 heavy (non-hydrogen) atoms. The number of nitrogens with one attached hydrogen (secondary N) is 1. The number of aromatic amines is 1. The summed E-state index contributed by atoms with van der Waals surface area (Å²) in [6, 6.07) is 12.1. The van der Waals surface area contributed by atoms with Gasteiger partial charge in [0.15, 0.2) is 5.65 Å². The maximum Gasteiger partial charge on any atom is 0.336 e. The third kappa shape index (κ3) is 4.25. The van der Waals surface area contributed by atoms with E-state index in [0.717, 1.165) is 0 Å². The number of benzene rings is 2. The number of ether oxygens (including phenoxy) is 1. The number of alkyl halides is 2. The van der Waals surface area contributed by atoms with Crippen molar-refractivity contribution in [3.63, 3.8) is 0 Å². The van der Waals surface area contributed by atoms with Gasteiger partial charge in [-0.25, -0.2) is 18.6 Å². The number of aliphatic hydroxyl groups is 1. The molecule has 2 heterocycles. The maximum atomic E-state index is 12.7. The van der Waals surface area contributed by atoms with Crippen LogP contribution in [0.5, 0.6) is 11.8 Å². The zero-order valence-electron chi connectivity index (χ0n) is 16.5. The monoisotopic (exact) mass is 459 g/mol. The molecular formula is C22H16ClF2N3O4. The summed E-state index contributed by atoms with van der Waals surface area (Å²) in [4.78, 5) is 22.9. The van der Waals surface area contributed by atoms with Gasteiger partial charge in [-0.3, -0.25) is 4.98 Å². The number of fused-ring (bicyclic) bond motifs is 1. The Labute approximate surface area is 185 Å². The van der Waals surface area contributed by atoms with Crippen molar-refractivity contribution >= 4 is 28.7 Å². The molecule has 2 aromatic carbocycles. The molecule has 0 aliphatic rings. The molecule has 0 bridgehead atoms. The normalized spacial score (nSPS) is 12.3. The van der Waals surface area contributed by atoms with Crippen molar-refractivity contribution in [1.29, 1.82) is 0 Å². The Hall–Kier alpha value is -3.56. The largest absolute Gasteiger partial charge is 0.478 e. The zero-order chi connectivity index (χ0) is 23.0. The Bertz CT molecular complexity index is 1310. The Kier molecular flexibility index (Phi) is 5.77. The Morgan fingerprint density at radius 1 is 1.12 bits per heavy atom. The van der Waals surface area contributed by atoms with E-state index in [4.69, 9.17) is 16.3 Å². The number of aromatic carboxylic acids is 1. The van der Waals surface area contributed by atoms with Crippen LogP contribution in [0, 0.1) is 6.92 Å². The van der Waals surface area contributed by atoms with Crippen LogP contribution in [0.4, 0.5) is 8.78 Å². The van der Waals surface area contributed by atoms with Crippen LogP contribution in [0.3, 0.4) is 0 Å². The van der Waals surface area contributed by atoms with E-state index in [1.807, 2.05) is 0 Å². The van der Waals surface area contributed by atoms with Crippen LogP contribution in [0.1, 0.15) is 27.6 Å². The topological polar surface area (TPSA) is 108 Å². The predicted molar refractivity (Wildman–Crippen MR) is 114 cm³/mol. The number of halogens is 3. The van der Waals surface area contributed by atoms with E-state index in [1.165, 1.54) is 30.3 Å². The highest BCUT2D eigenvalue weighted by Gasteiger charge is 2.19. The van der Waals surface area contributed by atoms with E-state index in [9.17, 15) is 23.8 Å². The first-order chi connectivity index (χ1) is 15.2. The smallest absolute Gasteiger partial charge is 0.336 e. The van der Waals surface area contributed by atoms with Gasteiger partial charge in [0.25, 0.3) is 6.43 Å². The molecule has 4 rings (SSSR count). The molecule has 0 fully saturated rings. The van der Waals surface area contributed by atoms with Crippen LogP contribution in [-0.4, -0.2) is 37.6 Å². The molecule has 2 aromatic heterocycles. The summed E-state index contributed by atoms with van der Waals surface area (Å²) in [6.07, 6.45) is -4.76. The van der Waals surface area contributed by atoms with Gasteiger partial charge in [-0.1, -0.05) is 41.9 Å². The van der Waals surface area contributed by atoms with Crippen LogP contribution >= 0.6 is 11.6 Å². The molecule has 0 radical (unpaired) electrons. The predicted octanol–water partition coefficient (Wildman–Crippen LogP) is 5.38. The Morgan fingerprint density at radius 3 is 2.50 bits per heavy atom. The van der Waals surface area contributed by atoms with Crippen molar-refractivity contribution in [1.82, 2.24) is 15.0 Å². The number of carbonyl (C=O) groups is 1. The molecule has 1 unspecified atom stereocenters. The molecule has 1 atom stereocenters. The second-order valence-corrected chi connectivity index (χ2v) is 7.42. The van der Waals surface area contributed by atoms with Crippen LogP contribution < -0.4 is 4.74 Å². The number of hydrogen-bond donors (Lipinski definition) is 3. The lowest BCUT2D eigenvalue weighted by atomic mass is 10.0. The molecule has 0 amide bonds. The van der Waals surface area contributed by atoms with E-state index >= 15 is 0 Å². The van der Waals surface area contributed by atoms with Gasteiger partial charge in [0, 0.05) is 5.56 Å². The third-order valence-electron chi connectivity index (χ3n) is 4.82. The van der Waals surface area contributed by atoms with E-state index in [0.29, 0.717) is 28.0 Å². The highest BCUT2D eigenvalue weighted by atomic mass is 35.5. The minimum atomic E-state index is -2.89. The third-order valence-corrected chi connectivity index (χ3v) is 5.11. The highest BCUT2D eigenvalue weighted by Crippen LogP contribution is 2.32. The van der Waals surface area contributed by atoms with Gasteiger partial charge < -0.3 is 14.9 Å². The molecule has 0 saturated carbocycles. The van der Waals surface area contributed by atoms with Gasteiger partial charge in [-0.15, -0.1) is 0 Å². The summed E-state index contributed by atoms with van der Waals surface area (Å²) < 4.78 is 31.0. The average molecular weight is 460 g/mol. The summed E-state index contributed by atoms with van der Waals surface area (Å²) in [7, 11) is 0. The molecule has 0 saturated heterocycles. The minimum absolute atomic E-state index is 0.0806. The van der Waals surface area contributed by atoms with Crippen molar-refractivity contribution in [2.45, 2.75) is 19.5 Å². The first-order valence-electron chi connectivity index (χ1n) is 9.37. The first-order valence-corrected chi connectivity index (χ1v) is 9.75. The number of carboxylic acids is 1. The summed E-state index contributed by atoms with van der Waals surface area (Å²) in [5, 5.41) is 19.0. The summed E-state index contributed by atoms with van der Waals surface area (Å²) >= 11 is 6.34. The first kappa shape index (κ1) is 21.7. The Morgan fingerprint density at radius 2 is 1.84 bits per heavy atom. The quantitative estimate of drug-likeness (QED) is 0.357. The zero-order valence-corrected chi connectivity index (χ0v) is 17.3. The molecular weight excluding hydrogens is 444 g/mol. The molecule has 4 aromatic rings. The van der Waals surface area contributed by atoms with Crippen molar-refractivity contribution in [3.05, 3.63) is 70.2 Å². The summed E-state index contributed by atoms with van der Waals surface area (Å²) in [6.45, 7) is 1.68. The number of carboxylic acid groups (broad SMARTS) is 1. The molecule has 0 spiro atoms. The molecule has 7 nitrogen and oxygen atoms in total. The van der Waals surface area contributed by atoms with Gasteiger partial charge in [0.05, 0.1) is 16.3 Å². The molecule has 164 valence electrons. The van der Waals surface area contributed by atoms with Gasteiger partial charge in [-0.05, 0) is 36.2 Å². The van der Waals surface area contributed by atoms with Crippen molar-refractivity contribution < 1.29 is 28.5 Å². The molecule has 3 N–H and O–H groups in total. The maximum absolute atomic E-state index is 12.7. The van der Waals surface area contributed by atoms with Gasteiger partial charge >= 0.3 is 12.0 Å². The highest BCUT2D eigenvalue weighted by molar-refractivity contribution is 6.33. The van der Waals surface area contributed by atoms with Crippen LogP contribution in [0.2, 0.25) is 5.02 Å². The number of imidazole rings is 1. The van der Waals surface area contributed by atoms with Crippen molar-refractivity contribution in [2.75, 3.05) is 0 Å². The van der Waals surface area contributed by atoms with Crippen LogP contribution in [-0.2, 0) is 0 Å². The summed E-state index contributed by atoms with van der Waals surface area (Å²) in [5.74, 6) is -0.783. The number of hydrogen-bond acceptors (Lipinski definition) is 5. The van der Waals surface area contributed by atoms with Crippen molar-refractivity contribution in [2.24, 2.45) is 0 Å². The van der Waals surface area contributed by atoms with Crippen LogP contribution in [0.25, 0.3) is 22.4 Å². The number of aryl methyl sites for hydroxylation is 1. The summed E-state index contributed by atoms with van der Waals surface area (Å²) in [5.41, 5.74) is 2.52. The SMILES string of the molecule is Cc1ccc(Oc2nc3cc(Cl)c(-c4ccc(C(O)C(F)F)cc4)nc3[nH]2)cc1C(=O)O. The lowest BCUT2D eigenvalue weighted by molar-refractivity contribution is -0.00577. The molecule has 0 aliphatic carbocycles. The fraction of sp³-hybridized carbons (Fsp3) is 0.136. The van der Waals surface area contributed by atoms with Crippen molar-refractivity contribution in [3.8, 4) is 23.0 Å². The number of aromatic nitrogens is 3. The lowest BCUT2D eigenvalue weighted by Gasteiger charge is -2.10. The second kappa shape index (κ2) is 8.52. The fourth-order valence-electron chi connectivity index (χ4n) is 3.14. The van der Waals surface area contributed by atoms with Gasteiger partial charge in [-0.2, -0.15) is 4.98 Å². The molecule has 10 heteroatoms. The average Bonchev–Trinajstić information content (AvgIpc) is 3.14. The standard InChI is InChI=1S/C22H16ClF2N3O4/c1-10-2-7-13(8-14(10)21(30)31)32-22-26-16-9-15(23)17(27-20(16)28-22)11-3-5-12(6-4-11)18(29)19(24)25/h2-9,18-19,29H,1H3,(H,30,31)(H,26,27,28). The second-order valence-electron chi connectivity index (χ2n) is 7.01. The number of nitrogens with zero attached hydrogens (tertiary/aromatic N) is 2. The van der Waals surface area contributed by atoms with E-state index in [1.54, 1.807) is 25.1 Å².